The second kappa shape index (κ2) is 4.58. The van der Waals surface area contributed by atoms with Crippen molar-refractivity contribution in [3.8, 4) is 11.8 Å². The molecule has 1 rings (SSSR count). The summed E-state index contributed by atoms with van der Waals surface area (Å²) in [4.78, 5) is 0. The molecule has 1 atom stereocenters. The quantitative estimate of drug-likeness (QED) is 0.791. The molecule has 0 aliphatic carbocycles. The summed E-state index contributed by atoms with van der Waals surface area (Å²) in [5.74, 6) is -0.411. The van der Waals surface area contributed by atoms with Crippen molar-refractivity contribution in [2.75, 3.05) is 6.54 Å². The van der Waals surface area contributed by atoms with Gasteiger partial charge in [0, 0.05) is 6.54 Å². The molecule has 1 aromatic carbocycles. The molecule has 2 N–H and O–H groups in total. The normalized spacial score (nSPS) is 11.9. The summed E-state index contributed by atoms with van der Waals surface area (Å²) >= 11 is 0. The van der Waals surface area contributed by atoms with Crippen molar-refractivity contribution >= 4 is 0 Å². The SMILES string of the molecule is CC(CN)Oc1ccc(C#N)cc1F. The van der Waals surface area contributed by atoms with Crippen LogP contribution in [0.4, 0.5) is 4.39 Å². The van der Waals surface area contributed by atoms with Crippen molar-refractivity contribution < 1.29 is 9.13 Å². The first-order chi connectivity index (χ1) is 6.67. The molecule has 4 heteroatoms. The second-order valence-electron chi connectivity index (χ2n) is 2.92. The van der Waals surface area contributed by atoms with E-state index in [-0.39, 0.29) is 17.4 Å². The van der Waals surface area contributed by atoms with Gasteiger partial charge in [0.15, 0.2) is 11.6 Å². The smallest absolute Gasteiger partial charge is 0.166 e. The maximum atomic E-state index is 13.2. The van der Waals surface area contributed by atoms with Crippen LogP contribution in [0.25, 0.3) is 0 Å². The van der Waals surface area contributed by atoms with Crippen molar-refractivity contribution in [2.45, 2.75) is 13.0 Å². The molecule has 0 saturated heterocycles. The van der Waals surface area contributed by atoms with Crippen LogP contribution < -0.4 is 10.5 Å². The van der Waals surface area contributed by atoms with Crippen LogP contribution in [0.15, 0.2) is 18.2 Å². The van der Waals surface area contributed by atoms with Gasteiger partial charge in [0.05, 0.1) is 11.6 Å². The Labute approximate surface area is 81.9 Å². The minimum atomic E-state index is -0.538. The summed E-state index contributed by atoms with van der Waals surface area (Å²) < 4.78 is 18.4. The van der Waals surface area contributed by atoms with E-state index in [0.717, 1.165) is 6.07 Å². The van der Waals surface area contributed by atoms with E-state index in [0.29, 0.717) is 6.54 Å². The van der Waals surface area contributed by atoms with Crippen LogP contribution >= 0.6 is 0 Å². The molecule has 0 saturated carbocycles. The molecule has 0 bridgehead atoms. The molecule has 0 aliphatic heterocycles. The molecule has 0 heterocycles. The van der Waals surface area contributed by atoms with E-state index in [1.807, 2.05) is 6.07 Å². The molecule has 14 heavy (non-hydrogen) atoms. The Hall–Kier alpha value is -1.60. The zero-order valence-corrected chi connectivity index (χ0v) is 7.83. The van der Waals surface area contributed by atoms with Crippen molar-refractivity contribution in [3.05, 3.63) is 29.6 Å². The monoisotopic (exact) mass is 194 g/mol. The van der Waals surface area contributed by atoms with E-state index >= 15 is 0 Å². The molecule has 0 fully saturated rings. The van der Waals surface area contributed by atoms with Crippen molar-refractivity contribution in [1.29, 1.82) is 5.26 Å². The lowest BCUT2D eigenvalue weighted by atomic mass is 10.2. The summed E-state index contributed by atoms with van der Waals surface area (Å²) in [5, 5.41) is 8.50. The highest BCUT2D eigenvalue weighted by Crippen LogP contribution is 2.18. The lowest BCUT2D eigenvalue weighted by Crippen LogP contribution is -2.23. The van der Waals surface area contributed by atoms with Gasteiger partial charge in [-0.15, -0.1) is 0 Å². The van der Waals surface area contributed by atoms with Gasteiger partial charge in [-0.05, 0) is 25.1 Å². The Morgan fingerprint density at radius 3 is 2.86 bits per heavy atom. The minimum absolute atomic E-state index is 0.127. The largest absolute Gasteiger partial charge is 0.486 e. The fourth-order valence-corrected chi connectivity index (χ4v) is 0.931. The summed E-state index contributed by atoms with van der Waals surface area (Å²) in [6.45, 7) is 2.07. The minimum Gasteiger partial charge on any atom is -0.486 e. The Bertz CT molecular complexity index is 360. The molecule has 0 amide bonds. The van der Waals surface area contributed by atoms with E-state index in [9.17, 15) is 4.39 Å². The first kappa shape index (κ1) is 10.5. The van der Waals surface area contributed by atoms with Crippen molar-refractivity contribution in [1.82, 2.24) is 0 Å². The standard InChI is InChI=1S/C10H11FN2O/c1-7(5-12)14-10-3-2-8(6-13)4-9(10)11/h2-4,7H,5,12H2,1H3. The summed E-state index contributed by atoms with van der Waals surface area (Å²) in [7, 11) is 0. The van der Waals surface area contributed by atoms with Gasteiger partial charge >= 0.3 is 0 Å². The molecule has 1 aromatic rings. The predicted molar refractivity (Wildman–Crippen MR) is 50.3 cm³/mol. The number of nitrogens with two attached hydrogens (primary N) is 1. The third kappa shape index (κ3) is 2.44. The Kier molecular flexibility index (Phi) is 3.43. The van der Waals surface area contributed by atoms with Gasteiger partial charge in [-0.2, -0.15) is 5.26 Å². The molecule has 3 nitrogen and oxygen atoms in total. The molecule has 0 radical (unpaired) electrons. The highest BCUT2D eigenvalue weighted by molar-refractivity contribution is 5.36. The predicted octanol–water partition coefficient (Wildman–Crippen LogP) is 1.42. The fraction of sp³-hybridized carbons (Fsp3) is 0.300. The highest BCUT2D eigenvalue weighted by Gasteiger charge is 2.07. The van der Waals surface area contributed by atoms with E-state index < -0.39 is 5.82 Å². The average molecular weight is 194 g/mol. The number of hydrogen-bond donors (Lipinski definition) is 1. The van der Waals surface area contributed by atoms with E-state index in [2.05, 4.69) is 0 Å². The third-order valence-electron chi connectivity index (χ3n) is 1.72. The van der Waals surface area contributed by atoms with Crippen LogP contribution in [0, 0.1) is 17.1 Å². The molecule has 0 spiro atoms. The van der Waals surface area contributed by atoms with Gasteiger partial charge in [0.2, 0.25) is 0 Å². The van der Waals surface area contributed by atoms with Gasteiger partial charge in [-0.25, -0.2) is 4.39 Å². The molecule has 74 valence electrons. The lowest BCUT2D eigenvalue weighted by Gasteiger charge is -2.12. The second-order valence-corrected chi connectivity index (χ2v) is 2.92. The van der Waals surface area contributed by atoms with Gasteiger partial charge in [-0.3, -0.25) is 0 Å². The number of benzene rings is 1. The topological polar surface area (TPSA) is 59.0 Å². The summed E-state index contributed by atoms with van der Waals surface area (Å²) in [5.41, 5.74) is 5.60. The number of hydrogen-bond acceptors (Lipinski definition) is 3. The van der Waals surface area contributed by atoms with Crippen molar-refractivity contribution in [3.63, 3.8) is 0 Å². The summed E-state index contributed by atoms with van der Waals surface area (Å²) in [6, 6.07) is 5.91. The van der Waals surface area contributed by atoms with E-state index in [1.54, 1.807) is 6.92 Å². The maximum Gasteiger partial charge on any atom is 0.166 e. The Balaban J connectivity index is 2.85. The van der Waals surface area contributed by atoms with Crippen LogP contribution in [0.5, 0.6) is 5.75 Å². The first-order valence-electron chi connectivity index (χ1n) is 4.23. The number of ether oxygens (including phenoxy) is 1. The molecule has 1 unspecified atom stereocenters. The fourth-order valence-electron chi connectivity index (χ4n) is 0.931. The van der Waals surface area contributed by atoms with Crippen LogP contribution in [0.1, 0.15) is 12.5 Å². The van der Waals surface area contributed by atoms with E-state index in [1.165, 1.54) is 12.1 Å². The van der Waals surface area contributed by atoms with Gasteiger partial charge in [-0.1, -0.05) is 0 Å². The maximum absolute atomic E-state index is 13.2. The number of nitriles is 1. The number of halogens is 1. The molecular formula is C10H11FN2O. The molecule has 0 aromatic heterocycles. The van der Waals surface area contributed by atoms with Gasteiger partial charge in [0.1, 0.15) is 6.10 Å². The van der Waals surface area contributed by atoms with Crippen molar-refractivity contribution in [2.24, 2.45) is 5.73 Å². The average Bonchev–Trinajstić information content (AvgIpc) is 2.20. The lowest BCUT2D eigenvalue weighted by molar-refractivity contribution is 0.219. The van der Waals surface area contributed by atoms with E-state index in [4.69, 9.17) is 15.7 Å². The zero-order chi connectivity index (χ0) is 10.6. The Morgan fingerprint density at radius 1 is 1.64 bits per heavy atom. The third-order valence-corrected chi connectivity index (χ3v) is 1.72. The van der Waals surface area contributed by atoms with Crippen LogP contribution in [-0.2, 0) is 0 Å². The first-order valence-corrected chi connectivity index (χ1v) is 4.23. The van der Waals surface area contributed by atoms with Crippen LogP contribution in [-0.4, -0.2) is 12.6 Å². The number of rotatable bonds is 3. The van der Waals surface area contributed by atoms with Gasteiger partial charge in [0.25, 0.3) is 0 Å². The summed E-state index contributed by atoms with van der Waals surface area (Å²) in [6.07, 6.45) is -0.238. The Morgan fingerprint density at radius 2 is 2.36 bits per heavy atom. The van der Waals surface area contributed by atoms with Gasteiger partial charge < -0.3 is 10.5 Å². The zero-order valence-electron chi connectivity index (χ0n) is 7.83. The molecule has 0 aliphatic rings. The van der Waals surface area contributed by atoms with Crippen LogP contribution in [0.3, 0.4) is 0 Å². The molecular weight excluding hydrogens is 183 g/mol. The highest BCUT2D eigenvalue weighted by atomic mass is 19.1. The number of nitrogens with zero attached hydrogens (tertiary/aromatic N) is 1. The van der Waals surface area contributed by atoms with Crippen LogP contribution in [0.2, 0.25) is 0 Å².